The van der Waals surface area contributed by atoms with Gasteiger partial charge in [-0.2, -0.15) is 0 Å². The first-order valence-electron chi connectivity index (χ1n) is 4.96. The van der Waals surface area contributed by atoms with Gasteiger partial charge in [-0.3, -0.25) is 4.98 Å². The zero-order chi connectivity index (χ0) is 11.8. The van der Waals surface area contributed by atoms with Gasteiger partial charge in [0.05, 0.1) is 0 Å². The summed E-state index contributed by atoms with van der Waals surface area (Å²) in [5, 5.41) is 9.45. The minimum Gasteiger partial charge on any atom is -0.493 e. The van der Waals surface area contributed by atoms with Crippen LogP contribution < -0.4 is 5.69 Å². The minimum atomic E-state index is -0.448. The number of imidazole rings is 1. The minimum absolute atomic E-state index is 0.187. The molecule has 1 aliphatic rings. The highest BCUT2D eigenvalue weighted by molar-refractivity contribution is 6.20. The predicted molar refractivity (Wildman–Crippen MR) is 63.3 cm³/mol. The molecule has 17 heavy (non-hydrogen) atoms. The quantitative estimate of drug-likeness (QED) is 0.681. The van der Waals surface area contributed by atoms with Gasteiger partial charge in [0.25, 0.3) is 0 Å². The number of hydrogen-bond donors (Lipinski definition) is 3. The smallest absolute Gasteiger partial charge is 0.326 e. The maximum atomic E-state index is 11.0. The van der Waals surface area contributed by atoms with Gasteiger partial charge in [-0.15, -0.1) is 0 Å². The van der Waals surface area contributed by atoms with Crippen molar-refractivity contribution in [1.29, 1.82) is 0 Å². The van der Waals surface area contributed by atoms with Crippen LogP contribution in [0.1, 0.15) is 11.3 Å². The van der Waals surface area contributed by atoms with Crippen LogP contribution in [0.2, 0.25) is 0 Å². The molecule has 0 fully saturated rings. The topological polar surface area (TPSA) is 94.1 Å². The lowest BCUT2D eigenvalue weighted by Crippen LogP contribution is -2.00. The SMILES string of the molecule is O=c1[nH]c(O)c(/C=C2/C=Nc3ncccc32)[nH]1. The molecule has 0 saturated heterocycles. The molecule has 84 valence electrons. The molecule has 0 amide bonds. The summed E-state index contributed by atoms with van der Waals surface area (Å²) in [5.74, 6) is 0.448. The number of aromatic amines is 2. The largest absolute Gasteiger partial charge is 0.493 e. The van der Waals surface area contributed by atoms with Crippen LogP contribution in [0.5, 0.6) is 5.88 Å². The van der Waals surface area contributed by atoms with E-state index in [0.29, 0.717) is 11.5 Å². The number of nitrogens with zero attached hydrogens (tertiary/aromatic N) is 2. The molecule has 3 N–H and O–H groups in total. The first-order valence-corrected chi connectivity index (χ1v) is 4.96. The number of fused-ring (bicyclic) bond motifs is 1. The lowest BCUT2D eigenvalue weighted by Gasteiger charge is -1.97. The second kappa shape index (κ2) is 3.44. The Labute approximate surface area is 95.4 Å². The van der Waals surface area contributed by atoms with E-state index in [9.17, 15) is 9.90 Å². The third-order valence-corrected chi connectivity index (χ3v) is 2.46. The molecule has 0 saturated carbocycles. The van der Waals surface area contributed by atoms with Gasteiger partial charge < -0.3 is 10.1 Å². The number of allylic oxidation sites excluding steroid dienone is 1. The molecule has 0 radical (unpaired) electrons. The normalized spacial score (nSPS) is 15.4. The van der Waals surface area contributed by atoms with Crippen molar-refractivity contribution in [3.8, 4) is 5.88 Å². The Morgan fingerprint density at radius 3 is 3.00 bits per heavy atom. The Balaban J connectivity index is 2.11. The molecule has 3 heterocycles. The van der Waals surface area contributed by atoms with E-state index >= 15 is 0 Å². The average Bonchev–Trinajstić information content (AvgIpc) is 2.85. The van der Waals surface area contributed by atoms with E-state index in [0.717, 1.165) is 11.1 Å². The van der Waals surface area contributed by atoms with Crippen molar-refractivity contribution in [2.24, 2.45) is 4.99 Å². The van der Waals surface area contributed by atoms with Crippen molar-refractivity contribution in [2.75, 3.05) is 0 Å². The number of rotatable bonds is 1. The van der Waals surface area contributed by atoms with E-state index in [1.807, 2.05) is 6.07 Å². The molecule has 0 bridgehead atoms. The number of aromatic hydroxyl groups is 1. The summed E-state index contributed by atoms with van der Waals surface area (Å²) in [5.41, 5.74) is 1.54. The maximum absolute atomic E-state index is 11.0. The summed E-state index contributed by atoms with van der Waals surface area (Å²) >= 11 is 0. The number of H-pyrrole nitrogens is 2. The van der Waals surface area contributed by atoms with Crippen molar-refractivity contribution >= 4 is 23.7 Å². The molecular formula is C11H8N4O2. The standard InChI is InChI=1S/C11H8N4O2/c16-10-8(14-11(17)15-10)4-6-5-13-9-7(6)2-1-3-12-9/h1-5,16H,(H2,14,15,17)/b6-4-. The summed E-state index contributed by atoms with van der Waals surface area (Å²) in [6.07, 6.45) is 4.95. The predicted octanol–water partition coefficient (Wildman–Crippen LogP) is 1.06. The van der Waals surface area contributed by atoms with Crippen LogP contribution >= 0.6 is 0 Å². The first-order chi connectivity index (χ1) is 8.24. The van der Waals surface area contributed by atoms with Crippen LogP contribution in [0.3, 0.4) is 0 Å². The molecule has 3 rings (SSSR count). The summed E-state index contributed by atoms with van der Waals surface area (Å²) in [6, 6.07) is 3.68. The van der Waals surface area contributed by atoms with Gasteiger partial charge in [0.1, 0.15) is 5.69 Å². The summed E-state index contributed by atoms with van der Waals surface area (Å²) < 4.78 is 0. The second-order valence-electron chi connectivity index (χ2n) is 3.57. The summed E-state index contributed by atoms with van der Waals surface area (Å²) in [6.45, 7) is 0. The first kappa shape index (κ1) is 9.59. The van der Waals surface area contributed by atoms with E-state index in [4.69, 9.17) is 0 Å². The van der Waals surface area contributed by atoms with Crippen LogP contribution in [0.25, 0.3) is 11.6 Å². The lowest BCUT2D eigenvalue weighted by molar-refractivity contribution is 0.454. The second-order valence-corrected chi connectivity index (χ2v) is 3.57. The fraction of sp³-hybridized carbons (Fsp3) is 0. The van der Waals surface area contributed by atoms with Crippen LogP contribution in [-0.2, 0) is 0 Å². The van der Waals surface area contributed by atoms with Crippen molar-refractivity contribution < 1.29 is 5.11 Å². The van der Waals surface area contributed by atoms with Crippen LogP contribution in [0, 0.1) is 0 Å². The Kier molecular flexibility index (Phi) is 1.94. The van der Waals surface area contributed by atoms with E-state index < -0.39 is 5.69 Å². The van der Waals surface area contributed by atoms with E-state index in [1.165, 1.54) is 0 Å². The Bertz CT molecular complexity index is 693. The maximum Gasteiger partial charge on any atom is 0.326 e. The van der Waals surface area contributed by atoms with Gasteiger partial charge in [-0.25, -0.2) is 14.8 Å². The summed E-state index contributed by atoms with van der Waals surface area (Å²) in [4.78, 5) is 23.9. The third-order valence-electron chi connectivity index (χ3n) is 2.46. The highest BCUT2D eigenvalue weighted by Gasteiger charge is 2.13. The number of aliphatic imine (C=N–C) groups is 1. The fourth-order valence-electron chi connectivity index (χ4n) is 1.69. The Morgan fingerprint density at radius 1 is 1.35 bits per heavy atom. The molecule has 2 aromatic rings. The molecular weight excluding hydrogens is 220 g/mol. The Morgan fingerprint density at radius 2 is 2.24 bits per heavy atom. The third kappa shape index (κ3) is 1.55. The van der Waals surface area contributed by atoms with E-state index in [1.54, 1.807) is 24.6 Å². The number of nitrogens with one attached hydrogen (secondary N) is 2. The zero-order valence-electron chi connectivity index (χ0n) is 8.64. The van der Waals surface area contributed by atoms with E-state index in [-0.39, 0.29) is 5.88 Å². The molecule has 0 unspecified atom stereocenters. The van der Waals surface area contributed by atoms with E-state index in [2.05, 4.69) is 19.9 Å². The molecule has 2 aromatic heterocycles. The van der Waals surface area contributed by atoms with Crippen LogP contribution in [0.4, 0.5) is 5.82 Å². The van der Waals surface area contributed by atoms with Crippen molar-refractivity contribution in [1.82, 2.24) is 15.0 Å². The number of aromatic nitrogens is 3. The fourth-order valence-corrected chi connectivity index (χ4v) is 1.69. The Hall–Kier alpha value is -2.63. The highest BCUT2D eigenvalue weighted by atomic mass is 16.3. The average molecular weight is 228 g/mol. The van der Waals surface area contributed by atoms with Crippen LogP contribution in [0.15, 0.2) is 28.1 Å². The van der Waals surface area contributed by atoms with Gasteiger partial charge in [-0.05, 0) is 18.2 Å². The molecule has 0 atom stereocenters. The van der Waals surface area contributed by atoms with Gasteiger partial charge in [-0.1, -0.05) is 0 Å². The zero-order valence-corrected chi connectivity index (χ0v) is 8.64. The van der Waals surface area contributed by atoms with Gasteiger partial charge in [0.15, 0.2) is 5.82 Å². The molecule has 0 aliphatic carbocycles. The molecule has 1 aliphatic heterocycles. The van der Waals surface area contributed by atoms with Crippen molar-refractivity contribution in [3.05, 3.63) is 40.1 Å². The molecule has 6 heteroatoms. The molecule has 0 aromatic carbocycles. The summed E-state index contributed by atoms with van der Waals surface area (Å²) in [7, 11) is 0. The van der Waals surface area contributed by atoms with Crippen LogP contribution in [-0.4, -0.2) is 26.3 Å². The molecule has 6 nitrogen and oxygen atoms in total. The van der Waals surface area contributed by atoms with Crippen molar-refractivity contribution in [3.63, 3.8) is 0 Å². The van der Waals surface area contributed by atoms with Crippen molar-refractivity contribution in [2.45, 2.75) is 0 Å². The lowest BCUT2D eigenvalue weighted by atomic mass is 10.1. The number of pyridine rings is 1. The highest BCUT2D eigenvalue weighted by Crippen LogP contribution is 2.30. The van der Waals surface area contributed by atoms with Gasteiger partial charge in [0.2, 0.25) is 5.88 Å². The van der Waals surface area contributed by atoms with Gasteiger partial charge >= 0.3 is 5.69 Å². The molecule has 0 spiro atoms. The monoisotopic (exact) mass is 228 g/mol. The van der Waals surface area contributed by atoms with Gasteiger partial charge in [0, 0.05) is 23.5 Å². The number of hydrogen-bond acceptors (Lipinski definition) is 4.